The Hall–Kier alpha value is -1.27. The minimum absolute atomic E-state index is 0.195. The Morgan fingerprint density at radius 3 is 3.05 bits per heavy atom. The number of amidine groups is 1. The van der Waals surface area contributed by atoms with Crippen LogP contribution >= 0.6 is 15.9 Å². The van der Waals surface area contributed by atoms with E-state index in [1.807, 2.05) is 19.5 Å². The Labute approximate surface area is 120 Å². The topological polar surface area (TPSA) is 45.0 Å². The second kappa shape index (κ2) is 4.38. The fourth-order valence-corrected chi connectivity index (χ4v) is 3.19. The quantitative estimate of drug-likeness (QED) is 0.536. The van der Waals surface area contributed by atoms with Crippen molar-refractivity contribution in [1.82, 2.24) is 4.90 Å². The predicted octanol–water partition coefficient (Wildman–Crippen LogP) is 1.83. The molecule has 2 atom stereocenters. The summed E-state index contributed by atoms with van der Waals surface area (Å²) in [7, 11) is 3.92. The van der Waals surface area contributed by atoms with E-state index in [9.17, 15) is 4.79 Å². The molecule has 100 valence electrons. The molecule has 3 aliphatic rings. The van der Waals surface area contributed by atoms with Crippen LogP contribution in [0.1, 0.15) is 12.8 Å². The van der Waals surface area contributed by atoms with E-state index < -0.39 is 0 Å². The number of allylic oxidation sites excluding steroid dienone is 2. The van der Waals surface area contributed by atoms with Crippen LogP contribution in [0.25, 0.3) is 0 Å². The number of nitrogens with zero attached hydrogens (tertiary/aromatic N) is 4. The van der Waals surface area contributed by atoms with Crippen molar-refractivity contribution in [2.45, 2.75) is 12.8 Å². The number of fused-ring (bicyclic) bond motifs is 1. The molecule has 0 bridgehead atoms. The number of carbonyl (C=O) groups excluding carboxylic acids is 1. The minimum Gasteiger partial charge on any atom is -0.346 e. The number of quaternary nitrogens is 1. The summed E-state index contributed by atoms with van der Waals surface area (Å²) in [5.74, 6) is 0.393. The van der Waals surface area contributed by atoms with E-state index >= 15 is 0 Å². The molecule has 6 heteroatoms. The van der Waals surface area contributed by atoms with Crippen LogP contribution in [0.15, 0.2) is 33.8 Å². The van der Waals surface area contributed by atoms with Gasteiger partial charge >= 0.3 is 0 Å². The van der Waals surface area contributed by atoms with Crippen molar-refractivity contribution in [3.63, 3.8) is 0 Å². The largest absolute Gasteiger partial charge is 0.346 e. The zero-order valence-corrected chi connectivity index (χ0v) is 12.6. The molecule has 3 rings (SSSR count). The Bertz CT molecular complexity index is 563. The molecule has 1 fully saturated rings. The van der Waals surface area contributed by atoms with Crippen LogP contribution in [-0.4, -0.2) is 46.9 Å². The highest BCUT2D eigenvalue weighted by Crippen LogP contribution is 2.38. The SMILES string of the molecule is CN1CCC(C2=C3C=NC=C[N+]3(C)C(Br)=N2)CC1=O. The lowest BCUT2D eigenvalue weighted by Crippen LogP contribution is -2.40. The highest BCUT2D eigenvalue weighted by Gasteiger charge is 2.43. The third kappa shape index (κ3) is 1.90. The van der Waals surface area contributed by atoms with Gasteiger partial charge in [-0.1, -0.05) is 0 Å². The Balaban J connectivity index is 1.97. The fourth-order valence-electron chi connectivity index (χ4n) is 2.69. The lowest BCUT2D eigenvalue weighted by Gasteiger charge is -2.29. The van der Waals surface area contributed by atoms with E-state index in [2.05, 4.69) is 33.0 Å². The lowest BCUT2D eigenvalue weighted by atomic mass is 9.92. The molecule has 0 spiro atoms. The van der Waals surface area contributed by atoms with E-state index in [4.69, 9.17) is 0 Å². The van der Waals surface area contributed by atoms with E-state index in [1.165, 1.54) is 0 Å². The molecular formula is C13H16BrN4O+. The van der Waals surface area contributed by atoms with Crippen molar-refractivity contribution in [2.24, 2.45) is 15.9 Å². The first kappa shape index (κ1) is 12.7. The number of piperidine rings is 1. The normalized spacial score (nSPS) is 33.8. The molecule has 1 amide bonds. The van der Waals surface area contributed by atoms with Gasteiger partial charge in [-0.3, -0.25) is 9.79 Å². The van der Waals surface area contributed by atoms with E-state index in [1.54, 1.807) is 11.1 Å². The van der Waals surface area contributed by atoms with Crippen molar-refractivity contribution >= 4 is 32.8 Å². The Morgan fingerprint density at radius 2 is 2.32 bits per heavy atom. The highest BCUT2D eigenvalue weighted by molar-refractivity contribution is 9.18. The van der Waals surface area contributed by atoms with Crippen LogP contribution in [0.2, 0.25) is 0 Å². The number of hydrogen-bond donors (Lipinski definition) is 0. The van der Waals surface area contributed by atoms with Gasteiger partial charge < -0.3 is 4.90 Å². The van der Waals surface area contributed by atoms with Crippen LogP contribution in [-0.2, 0) is 4.79 Å². The lowest BCUT2D eigenvalue weighted by molar-refractivity contribution is -0.709. The summed E-state index contributed by atoms with van der Waals surface area (Å²) in [5, 5.41) is 0. The maximum absolute atomic E-state index is 11.9. The third-order valence-corrected chi connectivity index (χ3v) is 4.97. The number of hydrogen-bond acceptors (Lipinski definition) is 3. The van der Waals surface area contributed by atoms with Crippen molar-refractivity contribution in [1.29, 1.82) is 0 Å². The second-order valence-corrected chi connectivity index (χ2v) is 6.02. The second-order valence-electron chi connectivity index (χ2n) is 5.31. The summed E-state index contributed by atoms with van der Waals surface area (Å²) in [6.45, 7) is 0.796. The number of likely N-dealkylation sites (tertiary alicyclic amines) is 1. The van der Waals surface area contributed by atoms with Crippen molar-refractivity contribution in [3.8, 4) is 0 Å². The van der Waals surface area contributed by atoms with Gasteiger partial charge in [0, 0.05) is 41.9 Å². The molecule has 1 saturated heterocycles. The van der Waals surface area contributed by atoms with Crippen LogP contribution < -0.4 is 0 Å². The molecule has 2 unspecified atom stereocenters. The molecule has 0 aliphatic carbocycles. The fraction of sp³-hybridized carbons (Fsp3) is 0.462. The van der Waals surface area contributed by atoms with Gasteiger partial charge in [-0.05, 0) is 6.42 Å². The van der Waals surface area contributed by atoms with E-state index in [-0.39, 0.29) is 11.8 Å². The molecule has 0 aromatic heterocycles. The maximum atomic E-state index is 11.9. The van der Waals surface area contributed by atoms with Crippen molar-refractivity contribution in [3.05, 3.63) is 23.8 Å². The van der Waals surface area contributed by atoms with Gasteiger partial charge in [-0.25, -0.2) is 4.48 Å². The maximum Gasteiger partial charge on any atom is 0.281 e. The molecule has 0 radical (unpaired) electrons. The molecule has 5 nitrogen and oxygen atoms in total. The van der Waals surface area contributed by atoms with E-state index in [0.717, 1.165) is 29.1 Å². The van der Waals surface area contributed by atoms with Crippen LogP contribution in [0.3, 0.4) is 0 Å². The smallest absolute Gasteiger partial charge is 0.281 e. The molecule has 19 heavy (non-hydrogen) atoms. The standard InChI is InChI=1S/C13H16BrN4O/c1-17-5-3-9(7-11(17)19)12-10-8-15-4-6-18(10,2)13(14)16-12/h4,6,8-9H,3,5,7H2,1-2H3/q+1. The van der Waals surface area contributed by atoms with Gasteiger partial charge in [0.1, 0.15) is 11.9 Å². The summed E-state index contributed by atoms with van der Waals surface area (Å²) in [6, 6.07) is 0. The minimum atomic E-state index is 0.195. The van der Waals surface area contributed by atoms with Gasteiger partial charge in [-0.15, -0.1) is 0 Å². The van der Waals surface area contributed by atoms with Crippen molar-refractivity contribution < 1.29 is 9.28 Å². The monoisotopic (exact) mass is 323 g/mol. The van der Waals surface area contributed by atoms with Crippen LogP contribution in [0.5, 0.6) is 0 Å². The van der Waals surface area contributed by atoms with Crippen LogP contribution in [0.4, 0.5) is 0 Å². The average molecular weight is 324 g/mol. The van der Waals surface area contributed by atoms with E-state index in [0.29, 0.717) is 10.9 Å². The summed E-state index contributed by atoms with van der Waals surface area (Å²) in [4.78, 5) is 22.5. The van der Waals surface area contributed by atoms with Crippen LogP contribution in [0, 0.1) is 5.92 Å². The molecule has 0 aromatic carbocycles. The van der Waals surface area contributed by atoms with Gasteiger partial charge in [0.25, 0.3) is 4.74 Å². The van der Waals surface area contributed by atoms with Gasteiger partial charge in [0.05, 0.1) is 19.5 Å². The van der Waals surface area contributed by atoms with Gasteiger partial charge in [0.2, 0.25) is 5.91 Å². The molecule has 0 aromatic rings. The number of carbonyl (C=O) groups is 1. The average Bonchev–Trinajstić information content (AvgIpc) is 2.66. The summed E-state index contributed by atoms with van der Waals surface area (Å²) < 4.78 is 1.37. The van der Waals surface area contributed by atoms with Gasteiger partial charge in [0.15, 0.2) is 5.70 Å². The number of halogens is 1. The van der Waals surface area contributed by atoms with Crippen molar-refractivity contribution in [2.75, 3.05) is 20.6 Å². The molecule has 0 saturated carbocycles. The first-order valence-corrected chi connectivity index (χ1v) is 7.12. The summed E-state index contributed by atoms with van der Waals surface area (Å²) >= 11 is 3.54. The number of rotatable bonds is 1. The third-order valence-electron chi connectivity index (χ3n) is 4.05. The summed E-state index contributed by atoms with van der Waals surface area (Å²) in [5.41, 5.74) is 2.07. The number of aliphatic imine (C=N–C) groups is 2. The molecule has 3 aliphatic heterocycles. The first-order chi connectivity index (χ1) is 9.02. The zero-order chi connectivity index (χ0) is 13.6. The highest BCUT2D eigenvalue weighted by atomic mass is 79.9. The Morgan fingerprint density at radius 1 is 1.53 bits per heavy atom. The molecule has 3 heterocycles. The molecular weight excluding hydrogens is 308 g/mol. The first-order valence-electron chi connectivity index (χ1n) is 6.33. The zero-order valence-electron chi connectivity index (χ0n) is 11.0. The Kier molecular flexibility index (Phi) is 2.94. The molecule has 0 N–H and O–H groups in total. The predicted molar refractivity (Wildman–Crippen MR) is 77.6 cm³/mol. The summed E-state index contributed by atoms with van der Waals surface area (Å²) in [6.07, 6.45) is 7.13. The number of amides is 1. The van der Waals surface area contributed by atoms with Gasteiger partial charge in [-0.2, -0.15) is 4.99 Å².